The van der Waals surface area contributed by atoms with Gasteiger partial charge in [0.25, 0.3) is 0 Å². The maximum atomic E-state index is 11.4. The highest BCUT2D eigenvalue weighted by Gasteiger charge is 2.26. The van der Waals surface area contributed by atoms with Crippen molar-refractivity contribution in [2.45, 2.75) is 30.3 Å². The number of aliphatic hydroxyl groups is 1. The van der Waals surface area contributed by atoms with Crippen LogP contribution in [0.4, 0.5) is 5.69 Å². The fraction of sp³-hybridized carbons (Fsp3) is 0.571. The van der Waals surface area contributed by atoms with Gasteiger partial charge in [0.1, 0.15) is 0 Å². The van der Waals surface area contributed by atoms with E-state index < -0.39 is 9.84 Å². The van der Waals surface area contributed by atoms with Crippen molar-refractivity contribution in [3.05, 3.63) is 24.3 Å². The largest absolute Gasteiger partial charge is 0.393 e. The topological polar surface area (TPSA) is 57.6 Å². The predicted octanol–water partition coefficient (Wildman–Crippen LogP) is 1.69. The molecule has 0 radical (unpaired) electrons. The Kier molecular flexibility index (Phi) is 4.16. The van der Waals surface area contributed by atoms with Gasteiger partial charge in [0.05, 0.1) is 11.0 Å². The average molecular weight is 283 g/mol. The number of hydrogen-bond donors (Lipinski definition) is 1. The lowest BCUT2D eigenvalue weighted by atomic mass is 10.1. The van der Waals surface area contributed by atoms with Gasteiger partial charge < -0.3 is 10.0 Å². The van der Waals surface area contributed by atoms with Crippen molar-refractivity contribution in [3.8, 4) is 0 Å². The molecule has 4 nitrogen and oxygen atoms in total. The van der Waals surface area contributed by atoms with Crippen molar-refractivity contribution in [2.75, 3.05) is 24.7 Å². The highest BCUT2D eigenvalue weighted by atomic mass is 32.2. The summed E-state index contributed by atoms with van der Waals surface area (Å²) in [5, 5.41) is 9.83. The molecule has 1 aromatic carbocycles. The maximum Gasteiger partial charge on any atom is 0.175 e. The Morgan fingerprint density at radius 2 is 1.89 bits per heavy atom. The molecule has 0 aromatic heterocycles. The van der Waals surface area contributed by atoms with Gasteiger partial charge in [0.15, 0.2) is 9.84 Å². The molecule has 106 valence electrons. The molecule has 0 saturated heterocycles. The number of aliphatic hydroxyl groups excluding tert-OH is 1. The monoisotopic (exact) mass is 283 g/mol. The Labute approximate surface area is 115 Å². The van der Waals surface area contributed by atoms with Crippen LogP contribution in [-0.4, -0.2) is 39.5 Å². The van der Waals surface area contributed by atoms with Crippen molar-refractivity contribution < 1.29 is 13.5 Å². The molecule has 0 aliphatic heterocycles. The minimum Gasteiger partial charge on any atom is -0.393 e. The number of nitrogens with zero attached hydrogens (tertiary/aromatic N) is 1. The van der Waals surface area contributed by atoms with Crippen molar-refractivity contribution >= 4 is 15.5 Å². The zero-order valence-corrected chi connectivity index (χ0v) is 12.2. The van der Waals surface area contributed by atoms with Gasteiger partial charge in [-0.25, -0.2) is 8.42 Å². The van der Waals surface area contributed by atoms with Gasteiger partial charge in [-0.2, -0.15) is 0 Å². The van der Waals surface area contributed by atoms with Crippen LogP contribution in [0, 0.1) is 5.92 Å². The van der Waals surface area contributed by atoms with Gasteiger partial charge in [-0.15, -0.1) is 0 Å². The van der Waals surface area contributed by atoms with E-state index in [1.807, 2.05) is 19.2 Å². The summed E-state index contributed by atoms with van der Waals surface area (Å²) in [6.07, 6.45) is 4.06. The van der Waals surface area contributed by atoms with Crippen LogP contribution < -0.4 is 4.90 Å². The first-order chi connectivity index (χ1) is 8.88. The summed E-state index contributed by atoms with van der Waals surface area (Å²) in [4.78, 5) is 2.41. The molecule has 0 amide bonds. The zero-order chi connectivity index (χ0) is 14.0. The highest BCUT2D eigenvalue weighted by Crippen LogP contribution is 2.27. The third kappa shape index (κ3) is 3.48. The zero-order valence-electron chi connectivity index (χ0n) is 11.4. The molecule has 2 rings (SSSR count). The van der Waals surface area contributed by atoms with Gasteiger partial charge >= 0.3 is 0 Å². The molecular weight excluding hydrogens is 262 g/mol. The van der Waals surface area contributed by atoms with E-state index in [0.717, 1.165) is 31.5 Å². The molecule has 1 saturated carbocycles. The fourth-order valence-electron chi connectivity index (χ4n) is 2.64. The van der Waals surface area contributed by atoms with Crippen LogP contribution in [0.2, 0.25) is 0 Å². The minimum atomic E-state index is -3.13. The van der Waals surface area contributed by atoms with E-state index in [2.05, 4.69) is 4.90 Å². The van der Waals surface area contributed by atoms with E-state index in [1.165, 1.54) is 6.26 Å². The second-order valence-corrected chi connectivity index (χ2v) is 7.42. The van der Waals surface area contributed by atoms with Crippen molar-refractivity contribution in [1.29, 1.82) is 0 Å². The minimum absolute atomic E-state index is 0.197. The molecule has 0 heterocycles. The van der Waals surface area contributed by atoms with Gasteiger partial charge in [-0.1, -0.05) is 6.42 Å². The van der Waals surface area contributed by atoms with Crippen LogP contribution in [0.1, 0.15) is 19.3 Å². The smallest absolute Gasteiger partial charge is 0.175 e. The number of rotatable bonds is 4. The summed E-state index contributed by atoms with van der Waals surface area (Å²) in [6, 6.07) is 6.90. The molecule has 19 heavy (non-hydrogen) atoms. The Hall–Kier alpha value is -1.07. The predicted molar refractivity (Wildman–Crippen MR) is 76.2 cm³/mol. The molecular formula is C14H21NO3S. The van der Waals surface area contributed by atoms with E-state index in [1.54, 1.807) is 12.1 Å². The van der Waals surface area contributed by atoms with E-state index in [9.17, 15) is 13.5 Å². The summed E-state index contributed by atoms with van der Waals surface area (Å²) >= 11 is 0. The number of benzene rings is 1. The quantitative estimate of drug-likeness (QED) is 0.913. The first-order valence-corrected chi connectivity index (χ1v) is 8.46. The summed E-state index contributed by atoms with van der Waals surface area (Å²) in [7, 11) is -1.16. The van der Waals surface area contributed by atoms with E-state index in [4.69, 9.17) is 0 Å². The van der Waals surface area contributed by atoms with Crippen molar-refractivity contribution in [3.63, 3.8) is 0 Å². The maximum absolute atomic E-state index is 11.4. The average Bonchev–Trinajstić information content (AvgIpc) is 2.74. The molecule has 0 bridgehead atoms. The molecule has 1 aliphatic carbocycles. The normalized spacial score (nSPS) is 23.5. The summed E-state index contributed by atoms with van der Waals surface area (Å²) in [6.45, 7) is 0.805. The summed E-state index contributed by atoms with van der Waals surface area (Å²) < 4.78 is 22.8. The molecule has 1 fully saturated rings. The van der Waals surface area contributed by atoms with E-state index >= 15 is 0 Å². The molecule has 1 N–H and O–H groups in total. The summed E-state index contributed by atoms with van der Waals surface area (Å²) in [5.41, 5.74) is 0.978. The lowest BCUT2D eigenvalue weighted by Crippen LogP contribution is -2.29. The second-order valence-electron chi connectivity index (χ2n) is 5.40. The van der Waals surface area contributed by atoms with Crippen LogP contribution in [-0.2, 0) is 9.84 Å². The SMILES string of the molecule is CN(CC1CCCC1O)c1ccc(S(C)(=O)=O)cc1. The Morgan fingerprint density at radius 1 is 1.26 bits per heavy atom. The summed E-state index contributed by atoms with van der Waals surface area (Å²) in [5.74, 6) is 0.319. The highest BCUT2D eigenvalue weighted by molar-refractivity contribution is 7.90. The lowest BCUT2D eigenvalue weighted by molar-refractivity contribution is 0.136. The van der Waals surface area contributed by atoms with Crippen LogP contribution in [0.15, 0.2) is 29.2 Å². The number of hydrogen-bond acceptors (Lipinski definition) is 4. The first-order valence-electron chi connectivity index (χ1n) is 6.57. The molecule has 5 heteroatoms. The van der Waals surface area contributed by atoms with Gasteiger partial charge in [0, 0.05) is 31.5 Å². The molecule has 1 aromatic rings. The van der Waals surface area contributed by atoms with Crippen LogP contribution >= 0.6 is 0 Å². The number of sulfone groups is 1. The Balaban J connectivity index is 2.05. The second kappa shape index (κ2) is 5.51. The Bertz CT molecular complexity index is 524. The van der Waals surface area contributed by atoms with Gasteiger partial charge in [-0.3, -0.25) is 0 Å². The van der Waals surface area contributed by atoms with E-state index in [0.29, 0.717) is 10.8 Å². The van der Waals surface area contributed by atoms with Gasteiger partial charge in [-0.05, 0) is 37.1 Å². The third-order valence-electron chi connectivity index (χ3n) is 3.83. The number of anilines is 1. The van der Waals surface area contributed by atoms with E-state index in [-0.39, 0.29) is 6.10 Å². The van der Waals surface area contributed by atoms with Crippen LogP contribution in [0.5, 0.6) is 0 Å². The van der Waals surface area contributed by atoms with Crippen LogP contribution in [0.3, 0.4) is 0 Å². The van der Waals surface area contributed by atoms with Crippen molar-refractivity contribution in [1.82, 2.24) is 0 Å². The fourth-order valence-corrected chi connectivity index (χ4v) is 3.27. The van der Waals surface area contributed by atoms with Gasteiger partial charge in [0.2, 0.25) is 0 Å². The third-order valence-corrected chi connectivity index (χ3v) is 4.96. The standard InChI is InChI=1S/C14H21NO3S/c1-15(10-11-4-3-5-14(11)16)12-6-8-13(9-7-12)19(2,17)18/h6-9,11,14,16H,3-5,10H2,1-2H3. The van der Waals surface area contributed by atoms with Crippen LogP contribution in [0.25, 0.3) is 0 Å². The molecule has 2 atom stereocenters. The first kappa shape index (κ1) is 14.3. The lowest BCUT2D eigenvalue weighted by Gasteiger charge is -2.25. The van der Waals surface area contributed by atoms with Crippen molar-refractivity contribution in [2.24, 2.45) is 5.92 Å². The molecule has 1 aliphatic rings. The molecule has 2 unspecified atom stereocenters. The molecule has 0 spiro atoms. The Morgan fingerprint density at radius 3 is 2.37 bits per heavy atom.